The zero-order valence-corrected chi connectivity index (χ0v) is 9.41. The fourth-order valence-corrected chi connectivity index (χ4v) is 1.71. The van der Waals surface area contributed by atoms with Gasteiger partial charge in [0.1, 0.15) is 0 Å². The van der Waals surface area contributed by atoms with Crippen molar-refractivity contribution in [2.75, 3.05) is 12.3 Å². The number of carbonyl (C=O) groups excluding carboxylic acids is 1. The quantitative estimate of drug-likeness (QED) is 0.739. The van der Waals surface area contributed by atoms with Crippen LogP contribution in [0.2, 0.25) is 0 Å². The highest BCUT2D eigenvalue weighted by molar-refractivity contribution is 5.78. The van der Waals surface area contributed by atoms with Crippen molar-refractivity contribution in [1.82, 2.24) is 5.32 Å². The van der Waals surface area contributed by atoms with E-state index in [4.69, 9.17) is 5.73 Å². The molecule has 3 heteroatoms. The smallest absolute Gasteiger partial charge is 0.224 e. The number of hydrogen-bond donors (Lipinski definition) is 2. The van der Waals surface area contributed by atoms with Crippen LogP contribution in [0.3, 0.4) is 0 Å². The number of hydrogen-bond acceptors (Lipinski definition) is 2. The van der Waals surface area contributed by atoms with Gasteiger partial charge in [0.2, 0.25) is 5.91 Å². The highest BCUT2D eigenvalue weighted by Gasteiger charge is 2.20. The molecule has 16 heavy (non-hydrogen) atoms. The molecule has 0 atom stereocenters. The average Bonchev–Trinajstić information content (AvgIpc) is 3.05. The molecule has 0 spiro atoms. The largest absolute Gasteiger partial charge is 0.399 e. The highest BCUT2D eigenvalue weighted by Crippen LogP contribution is 2.31. The van der Waals surface area contributed by atoms with E-state index in [2.05, 4.69) is 5.32 Å². The molecule has 1 aromatic rings. The van der Waals surface area contributed by atoms with E-state index in [-0.39, 0.29) is 5.91 Å². The van der Waals surface area contributed by atoms with Crippen molar-refractivity contribution in [2.24, 2.45) is 5.92 Å². The number of anilines is 1. The first kappa shape index (κ1) is 11.0. The minimum absolute atomic E-state index is 0.102. The Morgan fingerprint density at radius 3 is 2.62 bits per heavy atom. The molecule has 1 aromatic carbocycles. The summed E-state index contributed by atoms with van der Waals surface area (Å²) in [7, 11) is 0. The SMILES string of the molecule is Nc1ccc(CC(=O)NCCC2CC2)cc1. The van der Waals surface area contributed by atoms with E-state index in [1.165, 1.54) is 12.8 Å². The standard InChI is InChI=1S/C13H18N2O/c14-12-5-3-11(4-6-12)9-13(16)15-8-7-10-1-2-10/h3-6,10H,1-2,7-9,14H2,(H,15,16). The molecule has 1 amide bonds. The first-order chi connectivity index (χ1) is 7.74. The number of rotatable bonds is 5. The summed E-state index contributed by atoms with van der Waals surface area (Å²) in [5.74, 6) is 0.974. The van der Waals surface area contributed by atoms with E-state index in [1.54, 1.807) is 0 Å². The maximum atomic E-state index is 11.6. The average molecular weight is 218 g/mol. The number of amides is 1. The molecule has 0 aromatic heterocycles. The fourth-order valence-electron chi connectivity index (χ4n) is 1.71. The van der Waals surface area contributed by atoms with Gasteiger partial charge in [-0.05, 0) is 30.0 Å². The molecule has 0 aliphatic heterocycles. The maximum Gasteiger partial charge on any atom is 0.224 e. The second-order valence-corrected chi connectivity index (χ2v) is 4.50. The number of nitrogen functional groups attached to an aromatic ring is 1. The van der Waals surface area contributed by atoms with Crippen LogP contribution in [0.4, 0.5) is 5.69 Å². The maximum absolute atomic E-state index is 11.6. The molecular weight excluding hydrogens is 200 g/mol. The zero-order valence-electron chi connectivity index (χ0n) is 9.41. The molecule has 86 valence electrons. The van der Waals surface area contributed by atoms with Crippen molar-refractivity contribution in [2.45, 2.75) is 25.7 Å². The third-order valence-corrected chi connectivity index (χ3v) is 2.92. The summed E-state index contributed by atoms with van der Waals surface area (Å²) in [6.07, 6.45) is 4.26. The lowest BCUT2D eigenvalue weighted by atomic mass is 10.1. The summed E-state index contributed by atoms with van der Waals surface area (Å²) in [5, 5.41) is 2.95. The van der Waals surface area contributed by atoms with Gasteiger partial charge in [-0.1, -0.05) is 25.0 Å². The molecule has 3 N–H and O–H groups in total. The summed E-state index contributed by atoms with van der Waals surface area (Å²) >= 11 is 0. The van der Waals surface area contributed by atoms with Crippen molar-refractivity contribution in [1.29, 1.82) is 0 Å². The first-order valence-corrected chi connectivity index (χ1v) is 5.85. The second-order valence-electron chi connectivity index (χ2n) is 4.50. The third-order valence-electron chi connectivity index (χ3n) is 2.92. The molecule has 1 saturated carbocycles. The van der Waals surface area contributed by atoms with Crippen molar-refractivity contribution in [3.05, 3.63) is 29.8 Å². The Hall–Kier alpha value is -1.51. The van der Waals surface area contributed by atoms with Crippen LogP contribution >= 0.6 is 0 Å². The second kappa shape index (κ2) is 5.01. The summed E-state index contributed by atoms with van der Waals surface area (Å²) < 4.78 is 0. The van der Waals surface area contributed by atoms with E-state index in [0.717, 1.165) is 30.1 Å². The Bertz CT molecular complexity index is 355. The van der Waals surface area contributed by atoms with Gasteiger partial charge < -0.3 is 11.1 Å². The zero-order chi connectivity index (χ0) is 11.4. The monoisotopic (exact) mass is 218 g/mol. The van der Waals surface area contributed by atoms with Gasteiger partial charge in [-0.2, -0.15) is 0 Å². The third kappa shape index (κ3) is 3.57. The number of nitrogens with two attached hydrogens (primary N) is 1. The van der Waals surface area contributed by atoms with E-state index in [9.17, 15) is 4.79 Å². The number of nitrogens with one attached hydrogen (secondary N) is 1. The number of benzene rings is 1. The van der Waals surface area contributed by atoms with Crippen molar-refractivity contribution in [3.8, 4) is 0 Å². The van der Waals surface area contributed by atoms with Crippen LogP contribution in [0.25, 0.3) is 0 Å². The highest BCUT2D eigenvalue weighted by atomic mass is 16.1. The van der Waals surface area contributed by atoms with E-state index >= 15 is 0 Å². The summed E-state index contributed by atoms with van der Waals surface area (Å²) in [6.45, 7) is 0.818. The Morgan fingerprint density at radius 1 is 1.31 bits per heavy atom. The van der Waals surface area contributed by atoms with Crippen molar-refractivity contribution in [3.63, 3.8) is 0 Å². The van der Waals surface area contributed by atoms with Crippen LogP contribution in [0.5, 0.6) is 0 Å². The molecule has 0 saturated heterocycles. The Morgan fingerprint density at radius 2 is 2.00 bits per heavy atom. The molecule has 2 rings (SSSR count). The van der Waals surface area contributed by atoms with Crippen LogP contribution in [0, 0.1) is 5.92 Å². The lowest BCUT2D eigenvalue weighted by molar-refractivity contribution is -0.120. The normalized spacial score (nSPS) is 14.8. The van der Waals surface area contributed by atoms with Crippen LogP contribution in [-0.4, -0.2) is 12.5 Å². The Balaban J connectivity index is 1.70. The molecule has 0 bridgehead atoms. The molecule has 0 heterocycles. The molecule has 0 radical (unpaired) electrons. The van der Waals surface area contributed by atoms with Gasteiger partial charge in [-0.15, -0.1) is 0 Å². The Kier molecular flexibility index (Phi) is 3.44. The predicted octanol–water partition coefficient (Wildman–Crippen LogP) is 1.73. The summed E-state index contributed by atoms with van der Waals surface area (Å²) in [5.41, 5.74) is 7.32. The van der Waals surface area contributed by atoms with Gasteiger partial charge in [-0.3, -0.25) is 4.79 Å². The van der Waals surface area contributed by atoms with E-state index in [1.807, 2.05) is 24.3 Å². The van der Waals surface area contributed by atoms with Gasteiger partial charge in [0.05, 0.1) is 6.42 Å². The molecule has 1 aliphatic carbocycles. The lowest BCUT2D eigenvalue weighted by Crippen LogP contribution is -2.26. The van der Waals surface area contributed by atoms with Crippen molar-refractivity contribution < 1.29 is 4.79 Å². The van der Waals surface area contributed by atoms with Gasteiger partial charge in [-0.25, -0.2) is 0 Å². The minimum atomic E-state index is 0.102. The van der Waals surface area contributed by atoms with Gasteiger partial charge >= 0.3 is 0 Å². The first-order valence-electron chi connectivity index (χ1n) is 5.85. The summed E-state index contributed by atoms with van der Waals surface area (Å²) in [6, 6.07) is 7.45. The molecule has 1 fully saturated rings. The van der Waals surface area contributed by atoms with Crippen LogP contribution in [-0.2, 0) is 11.2 Å². The Labute approximate surface area is 96.0 Å². The molecule has 0 unspecified atom stereocenters. The van der Waals surface area contributed by atoms with Gasteiger partial charge in [0, 0.05) is 12.2 Å². The fraction of sp³-hybridized carbons (Fsp3) is 0.462. The molecular formula is C13H18N2O. The van der Waals surface area contributed by atoms with Crippen LogP contribution in [0.1, 0.15) is 24.8 Å². The molecule has 1 aliphatic rings. The van der Waals surface area contributed by atoms with Gasteiger partial charge in [0.15, 0.2) is 0 Å². The van der Waals surface area contributed by atoms with Crippen LogP contribution < -0.4 is 11.1 Å². The topological polar surface area (TPSA) is 55.1 Å². The van der Waals surface area contributed by atoms with Gasteiger partial charge in [0.25, 0.3) is 0 Å². The van der Waals surface area contributed by atoms with Crippen LogP contribution in [0.15, 0.2) is 24.3 Å². The van der Waals surface area contributed by atoms with E-state index < -0.39 is 0 Å². The van der Waals surface area contributed by atoms with E-state index in [0.29, 0.717) is 6.42 Å². The number of carbonyl (C=O) groups is 1. The minimum Gasteiger partial charge on any atom is -0.399 e. The predicted molar refractivity (Wildman–Crippen MR) is 64.9 cm³/mol. The van der Waals surface area contributed by atoms with Crippen molar-refractivity contribution >= 4 is 11.6 Å². The molecule has 3 nitrogen and oxygen atoms in total. The summed E-state index contributed by atoms with van der Waals surface area (Å²) in [4.78, 5) is 11.6. The lowest BCUT2D eigenvalue weighted by Gasteiger charge is -2.04.